The van der Waals surface area contributed by atoms with Crippen molar-refractivity contribution < 1.29 is 9.53 Å². The fourth-order valence-electron chi connectivity index (χ4n) is 3.99. The van der Waals surface area contributed by atoms with Gasteiger partial charge in [0.15, 0.2) is 5.96 Å². The molecule has 0 bridgehead atoms. The second-order valence-corrected chi connectivity index (χ2v) is 8.25. The lowest BCUT2D eigenvalue weighted by Crippen LogP contribution is -2.38. The molecule has 0 aromatic heterocycles. The molecule has 7 heteroatoms. The van der Waals surface area contributed by atoms with Crippen LogP contribution in [0.2, 0.25) is 0 Å². The number of aryl methyl sites for hydroxylation is 1. The highest BCUT2D eigenvalue weighted by Crippen LogP contribution is 2.18. The molecule has 0 radical (unpaired) electrons. The van der Waals surface area contributed by atoms with Gasteiger partial charge in [-0.15, -0.1) is 24.0 Å². The number of hydrogen-bond donors (Lipinski definition) is 2. The molecule has 1 aliphatic rings. The summed E-state index contributed by atoms with van der Waals surface area (Å²) in [5.74, 6) is 2.26. The Labute approximate surface area is 215 Å². The van der Waals surface area contributed by atoms with E-state index >= 15 is 0 Å². The van der Waals surface area contributed by atoms with Crippen molar-refractivity contribution in [3.05, 3.63) is 65.7 Å². The third-order valence-corrected chi connectivity index (χ3v) is 5.73. The minimum absolute atomic E-state index is 0. The number of nitrogens with zero attached hydrogens (tertiary/aromatic N) is 2. The Kier molecular flexibility index (Phi) is 12.1. The summed E-state index contributed by atoms with van der Waals surface area (Å²) in [5, 5.41) is 6.73. The molecule has 1 unspecified atom stereocenters. The van der Waals surface area contributed by atoms with Gasteiger partial charge in [-0.2, -0.15) is 0 Å². The fourth-order valence-corrected chi connectivity index (χ4v) is 3.99. The molecular weight excluding hydrogens is 527 g/mol. The van der Waals surface area contributed by atoms with Gasteiger partial charge in [-0.3, -0.25) is 9.79 Å². The van der Waals surface area contributed by atoms with E-state index in [0.29, 0.717) is 13.0 Å². The Morgan fingerprint density at radius 2 is 1.88 bits per heavy atom. The highest BCUT2D eigenvalue weighted by atomic mass is 127. The Hall–Kier alpha value is -2.29. The summed E-state index contributed by atoms with van der Waals surface area (Å²) >= 11 is 0. The zero-order valence-electron chi connectivity index (χ0n) is 19.8. The van der Waals surface area contributed by atoms with Gasteiger partial charge in [0.1, 0.15) is 5.75 Å². The number of aliphatic imine (C=N–C) groups is 1. The first-order chi connectivity index (χ1) is 15.7. The highest BCUT2D eigenvalue weighted by Gasteiger charge is 2.28. The Morgan fingerprint density at radius 1 is 1.09 bits per heavy atom. The summed E-state index contributed by atoms with van der Waals surface area (Å²) in [6.45, 7) is 5.97. The molecule has 1 heterocycles. The first-order valence-electron chi connectivity index (χ1n) is 11.6. The normalized spacial score (nSPS) is 15.8. The van der Waals surface area contributed by atoms with Gasteiger partial charge in [-0.1, -0.05) is 42.5 Å². The topological polar surface area (TPSA) is 66.0 Å². The predicted octanol–water partition coefficient (Wildman–Crippen LogP) is 3.89. The van der Waals surface area contributed by atoms with Crippen molar-refractivity contribution in [3.63, 3.8) is 0 Å². The monoisotopic (exact) mass is 564 g/mol. The quantitative estimate of drug-likeness (QED) is 0.188. The molecule has 1 saturated heterocycles. The first kappa shape index (κ1) is 27.0. The molecule has 2 aromatic carbocycles. The minimum atomic E-state index is 0. The van der Waals surface area contributed by atoms with Crippen LogP contribution in [0.4, 0.5) is 0 Å². The summed E-state index contributed by atoms with van der Waals surface area (Å²) < 4.78 is 5.29. The van der Waals surface area contributed by atoms with E-state index in [9.17, 15) is 4.79 Å². The molecule has 3 rings (SSSR count). The maximum Gasteiger partial charge on any atom is 0.223 e. The molecule has 33 heavy (non-hydrogen) atoms. The molecule has 0 spiro atoms. The van der Waals surface area contributed by atoms with Crippen molar-refractivity contribution in [1.29, 1.82) is 0 Å². The second kappa shape index (κ2) is 14.8. The maximum absolute atomic E-state index is 12.4. The van der Waals surface area contributed by atoms with Gasteiger partial charge in [-0.05, 0) is 49.4 Å². The number of hydrogen-bond acceptors (Lipinski definition) is 3. The van der Waals surface area contributed by atoms with E-state index in [1.54, 1.807) is 7.11 Å². The molecule has 2 N–H and O–H groups in total. The predicted molar refractivity (Wildman–Crippen MR) is 146 cm³/mol. The van der Waals surface area contributed by atoms with E-state index in [1.807, 2.05) is 35.2 Å². The van der Waals surface area contributed by atoms with Crippen molar-refractivity contribution in [2.24, 2.45) is 10.9 Å². The number of rotatable bonds is 11. The van der Waals surface area contributed by atoms with Gasteiger partial charge >= 0.3 is 0 Å². The molecule has 1 aliphatic heterocycles. The van der Waals surface area contributed by atoms with Crippen molar-refractivity contribution in [1.82, 2.24) is 15.5 Å². The van der Waals surface area contributed by atoms with Gasteiger partial charge in [0, 0.05) is 45.1 Å². The zero-order valence-corrected chi connectivity index (χ0v) is 22.1. The molecule has 1 atom stereocenters. The third-order valence-electron chi connectivity index (χ3n) is 5.73. The number of carbonyl (C=O) groups excluding carboxylic acids is 1. The van der Waals surface area contributed by atoms with Gasteiger partial charge in [-0.25, -0.2) is 0 Å². The largest absolute Gasteiger partial charge is 0.497 e. The van der Waals surface area contributed by atoms with Crippen LogP contribution < -0.4 is 15.4 Å². The Balaban J connectivity index is 0.00000385. The lowest BCUT2D eigenvalue weighted by Gasteiger charge is -2.16. The number of ether oxygens (including phenoxy) is 1. The van der Waals surface area contributed by atoms with Gasteiger partial charge in [0.25, 0.3) is 0 Å². The van der Waals surface area contributed by atoms with Crippen LogP contribution >= 0.6 is 24.0 Å². The number of guanidine groups is 1. The average Bonchev–Trinajstić information content (AvgIpc) is 3.19. The molecule has 0 aliphatic carbocycles. The smallest absolute Gasteiger partial charge is 0.223 e. The van der Waals surface area contributed by atoms with E-state index in [4.69, 9.17) is 9.73 Å². The molecule has 1 fully saturated rings. The van der Waals surface area contributed by atoms with Crippen LogP contribution in [0.15, 0.2) is 59.6 Å². The minimum Gasteiger partial charge on any atom is -0.497 e. The first-order valence-corrected chi connectivity index (χ1v) is 11.6. The molecule has 1 amide bonds. The van der Waals surface area contributed by atoms with E-state index in [1.165, 1.54) is 11.1 Å². The average molecular weight is 565 g/mol. The van der Waals surface area contributed by atoms with Crippen LogP contribution in [-0.2, 0) is 17.6 Å². The van der Waals surface area contributed by atoms with Crippen LogP contribution in [0.25, 0.3) is 0 Å². The number of likely N-dealkylation sites (tertiary alicyclic amines) is 1. The summed E-state index contributed by atoms with van der Waals surface area (Å²) in [4.78, 5) is 19.1. The van der Waals surface area contributed by atoms with Gasteiger partial charge in [0.05, 0.1) is 7.11 Å². The zero-order chi connectivity index (χ0) is 22.6. The summed E-state index contributed by atoms with van der Waals surface area (Å²) in [7, 11) is 1.69. The number of amides is 1. The number of carbonyl (C=O) groups is 1. The standard InChI is InChI=1S/C26H36N4O2.HI/c1-3-27-26(28-15-8-12-22-11-7-13-24(17-22)32-2)29-19-23-18-25(31)30(20-23)16-14-21-9-5-4-6-10-21;/h4-7,9-11,13,17,23H,3,8,12,14-16,18-20H2,1-2H3,(H2,27,28,29);1H. The third kappa shape index (κ3) is 9.23. The van der Waals surface area contributed by atoms with Crippen molar-refractivity contribution in [2.45, 2.75) is 32.6 Å². The summed E-state index contributed by atoms with van der Waals surface area (Å²) in [6.07, 6.45) is 3.48. The number of benzene rings is 2. The van der Waals surface area contributed by atoms with Crippen LogP contribution in [-0.4, -0.2) is 56.6 Å². The highest BCUT2D eigenvalue weighted by molar-refractivity contribution is 14.0. The maximum atomic E-state index is 12.4. The van der Waals surface area contributed by atoms with Gasteiger partial charge in [0.2, 0.25) is 5.91 Å². The van der Waals surface area contributed by atoms with E-state index in [2.05, 4.69) is 41.8 Å². The van der Waals surface area contributed by atoms with E-state index in [-0.39, 0.29) is 35.8 Å². The number of methoxy groups -OCH3 is 1. The molecule has 0 saturated carbocycles. The number of halogens is 1. The molecular formula is C26H37IN4O2. The van der Waals surface area contributed by atoms with Gasteiger partial charge < -0.3 is 20.3 Å². The van der Waals surface area contributed by atoms with Crippen LogP contribution in [0, 0.1) is 5.92 Å². The Morgan fingerprint density at radius 3 is 2.64 bits per heavy atom. The van der Waals surface area contributed by atoms with Crippen molar-refractivity contribution in [2.75, 3.05) is 39.8 Å². The lowest BCUT2D eigenvalue weighted by molar-refractivity contribution is -0.127. The van der Waals surface area contributed by atoms with Crippen LogP contribution in [0.5, 0.6) is 5.75 Å². The van der Waals surface area contributed by atoms with Crippen LogP contribution in [0.1, 0.15) is 30.9 Å². The Bertz CT molecular complexity index is 876. The van der Waals surface area contributed by atoms with E-state index in [0.717, 1.165) is 57.2 Å². The SMILES string of the molecule is CCNC(=NCC1CC(=O)N(CCc2ccccc2)C1)NCCCc1cccc(OC)c1.I. The summed E-state index contributed by atoms with van der Waals surface area (Å²) in [6, 6.07) is 18.5. The van der Waals surface area contributed by atoms with E-state index < -0.39 is 0 Å². The summed E-state index contributed by atoms with van der Waals surface area (Å²) in [5.41, 5.74) is 2.54. The second-order valence-electron chi connectivity index (χ2n) is 8.25. The fraction of sp³-hybridized carbons (Fsp3) is 0.462. The van der Waals surface area contributed by atoms with Crippen molar-refractivity contribution in [3.8, 4) is 5.75 Å². The molecule has 180 valence electrons. The van der Waals surface area contributed by atoms with Crippen molar-refractivity contribution >= 4 is 35.8 Å². The molecule has 6 nitrogen and oxygen atoms in total. The van der Waals surface area contributed by atoms with Crippen LogP contribution in [0.3, 0.4) is 0 Å². The lowest BCUT2D eigenvalue weighted by atomic mass is 10.1. The number of nitrogens with one attached hydrogen (secondary N) is 2. The molecule has 2 aromatic rings.